The molecule has 2 rings (SSSR count). The van der Waals surface area contributed by atoms with Gasteiger partial charge in [-0.2, -0.15) is 5.26 Å². The molecule has 0 aromatic heterocycles. The van der Waals surface area contributed by atoms with Crippen LogP contribution in [0.4, 0.5) is 5.69 Å². The zero-order valence-electron chi connectivity index (χ0n) is 11.6. The van der Waals surface area contributed by atoms with Gasteiger partial charge in [0.05, 0.1) is 11.3 Å². The van der Waals surface area contributed by atoms with E-state index < -0.39 is 0 Å². The van der Waals surface area contributed by atoms with Gasteiger partial charge in [-0.25, -0.2) is 0 Å². The third kappa shape index (κ3) is 3.49. The molecule has 19 heavy (non-hydrogen) atoms. The van der Waals surface area contributed by atoms with Crippen molar-refractivity contribution in [1.29, 1.82) is 5.26 Å². The quantitative estimate of drug-likeness (QED) is 0.857. The monoisotopic (exact) mass is 321 g/mol. The van der Waals surface area contributed by atoms with Crippen molar-refractivity contribution < 1.29 is 0 Å². The minimum absolute atomic E-state index is 0.758. The lowest BCUT2D eigenvalue weighted by Crippen LogP contribution is -2.37. The molecule has 1 fully saturated rings. The van der Waals surface area contributed by atoms with E-state index in [0.717, 1.165) is 41.3 Å². The molecule has 0 atom stereocenters. The number of anilines is 1. The molecule has 102 valence electrons. The van der Waals surface area contributed by atoms with Crippen LogP contribution in [0, 0.1) is 17.2 Å². The highest BCUT2D eigenvalue weighted by atomic mass is 79.9. The molecule has 1 aliphatic heterocycles. The van der Waals surface area contributed by atoms with Crippen molar-refractivity contribution in [3.63, 3.8) is 0 Å². The minimum atomic E-state index is 0.758. The Labute approximate surface area is 123 Å². The molecule has 0 spiro atoms. The topological polar surface area (TPSA) is 30.3 Å². The summed E-state index contributed by atoms with van der Waals surface area (Å²) >= 11 is 3.46. The average Bonchev–Trinajstić information content (AvgIpc) is 2.38. The zero-order chi connectivity index (χ0) is 13.8. The summed E-state index contributed by atoms with van der Waals surface area (Å²) in [5.41, 5.74) is 1.83. The largest absolute Gasteiger partial charge is 0.370 e. The van der Waals surface area contributed by atoms with Crippen molar-refractivity contribution in [3.8, 4) is 6.07 Å². The maximum Gasteiger partial charge on any atom is 0.103 e. The number of piperidine rings is 1. The third-order valence-electron chi connectivity index (χ3n) is 3.68. The molecule has 4 heteroatoms. The number of rotatable bonds is 3. The SMILES string of the molecule is CN(C)CC1CCN(c2cccc(Br)c2C#N)CC1. The second-order valence-corrected chi connectivity index (χ2v) is 6.29. The summed E-state index contributed by atoms with van der Waals surface area (Å²) in [5, 5.41) is 9.29. The van der Waals surface area contributed by atoms with Crippen LogP contribution in [-0.4, -0.2) is 38.6 Å². The summed E-state index contributed by atoms with van der Waals surface area (Å²) in [6.45, 7) is 3.25. The number of nitrogens with zero attached hydrogens (tertiary/aromatic N) is 3. The van der Waals surface area contributed by atoms with Gasteiger partial charge in [-0.1, -0.05) is 6.07 Å². The first kappa shape index (κ1) is 14.4. The summed E-state index contributed by atoms with van der Waals surface area (Å²) in [6, 6.07) is 8.30. The van der Waals surface area contributed by atoms with Gasteiger partial charge in [-0.15, -0.1) is 0 Å². The molecule has 3 nitrogen and oxygen atoms in total. The van der Waals surface area contributed by atoms with Gasteiger partial charge in [0.1, 0.15) is 6.07 Å². The van der Waals surface area contributed by atoms with Crippen LogP contribution in [0.3, 0.4) is 0 Å². The maximum atomic E-state index is 9.29. The smallest absolute Gasteiger partial charge is 0.103 e. The molecule has 1 aromatic rings. The lowest BCUT2D eigenvalue weighted by molar-refractivity contribution is 0.285. The second-order valence-electron chi connectivity index (χ2n) is 5.44. The first-order chi connectivity index (χ1) is 9.11. The van der Waals surface area contributed by atoms with Crippen molar-refractivity contribution >= 4 is 21.6 Å². The van der Waals surface area contributed by atoms with Crippen molar-refractivity contribution in [3.05, 3.63) is 28.2 Å². The highest BCUT2D eigenvalue weighted by Crippen LogP contribution is 2.30. The summed E-state index contributed by atoms with van der Waals surface area (Å²) in [5.74, 6) is 0.781. The van der Waals surface area contributed by atoms with Gasteiger partial charge in [0.15, 0.2) is 0 Å². The Kier molecular flexibility index (Phi) is 4.84. The lowest BCUT2D eigenvalue weighted by atomic mass is 9.95. The number of nitriles is 1. The molecule has 0 amide bonds. The van der Waals surface area contributed by atoms with Crippen molar-refractivity contribution in [2.24, 2.45) is 5.92 Å². The van der Waals surface area contributed by atoms with Gasteiger partial charge in [0.25, 0.3) is 0 Å². The maximum absolute atomic E-state index is 9.29. The molecule has 0 unspecified atom stereocenters. The Morgan fingerprint density at radius 2 is 2.05 bits per heavy atom. The van der Waals surface area contributed by atoms with Crippen LogP contribution in [0.5, 0.6) is 0 Å². The molecule has 1 heterocycles. The van der Waals surface area contributed by atoms with Crippen LogP contribution >= 0.6 is 15.9 Å². The number of hydrogen-bond donors (Lipinski definition) is 0. The first-order valence-electron chi connectivity index (χ1n) is 6.70. The average molecular weight is 322 g/mol. The van der Waals surface area contributed by atoms with E-state index in [1.54, 1.807) is 0 Å². The highest BCUT2D eigenvalue weighted by Gasteiger charge is 2.22. The minimum Gasteiger partial charge on any atom is -0.370 e. The zero-order valence-corrected chi connectivity index (χ0v) is 13.2. The molecular formula is C15H20BrN3. The van der Waals surface area contributed by atoms with Crippen LogP contribution < -0.4 is 4.90 Å². The molecule has 0 saturated carbocycles. The van der Waals surface area contributed by atoms with Crippen molar-refractivity contribution in [1.82, 2.24) is 4.90 Å². The Morgan fingerprint density at radius 3 is 2.63 bits per heavy atom. The van der Waals surface area contributed by atoms with Gasteiger partial charge >= 0.3 is 0 Å². The van der Waals surface area contributed by atoms with Crippen molar-refractivity contribution in [2.45, 2.75) is 12.8 Å². The number of halogens is 1. The van der Waals surface area contributed by atoms with E-state index in [4.69, 9.17) is 0 Å². The molecule has 0 aliphatic carbocycles. The molecular weight excluding hydrogens is 302 g/mol. The predicted molar refractivity (Wildman–Crippen MR) is 82.3 cm³/mol. The van der Waals surface area contributed by atoms with E-state index >= 15 is 0 Å². The first-order valence-corrected chi connectivity index (χ1v) is 7.49. The standard InChI is InChI=1S/C15H20BrN3/c1-18(2)11-12-6-8-19(9-7-12)15-5-3-4-14(16)13(15)10-17/h3-5,12H,6-9,11H2,1-2H3. The Balaban J connectivity index is 2.06. The van der Waals surface area contributed by atoms with E-state index in [2.05, 4.69) is 52.0 Å². The predicted octanol–water partition coefficient (Wildman–Crippen LogP) is 3.10. The normalized spacial score (nSPS) is 16.7. The lowest BCUT2D eigenvalue weighted by Gasteiger charge is -2.35. The van der Waals surface area contributed by atoms with Gasteiger partial charge in [0, 0.05) is 24.1 Å². The van der Waals surface area contributed by atoms with Gasteiger partial charge in [-0.3, -0.25) is 0 Å². The Hall–Kier alpha value is -1.05. The molecule has 0 N–H and O–H groups in total. The number of benzene rings is 1. The summed E-state index contributed by atoms with van der Waals surface area (Å²) in [4.78, 5) is 4.61. The molecule has 0 bridgehead atoms. The Bertz CT molecular complexity index is 471. The van der Waals surface area contributed by atoms with Crippen LogP contribution in [-0.2, 0) is 0 Å². The molecule has 1 aliphatic rings. The van der Waals surface area contributed by atoms with Crippen LogP contribution in [0.15, 0.2) is 22.7 Å². The van der Waals surface area contributed by atoms with Gasteiger partial charge < -0.3 is 9.80 Å². The summed E-state index contributed by atoms with van der Waals surface area (Å²) < 4.78 is 0.892. The fraction of sp³-hybridized carbons (Fsp3) is 0.533. The fourth-order valence-electron chi connectivity index (χ4n) is 2.76. The van der Waals surface area contributed by atoms with Crippen LogP contribution in [0.2, 0.25) is 0 Å². The fourth-order valence-corrected chi connectivity index (χ4v) is 3.20. The molecule has 1 aromatic carbocycles. The van der Waals surface area contributed by atoms with Crippen molar-refractivity contribution in [2.75, 3.05) is 38.6 Å². The van der Waals surface area contributed by atoms with E-state index in [1.165, 1.54) is 12.8 Å². The van der Waals surface area contributed by atoms with Gasteiger partial charge in [0.2, 0.25) is 0 Å². The third-order valence-corrected chi connectivity index (χ3v) is 4.34. The van der Waals surface area contributed by atoms with E-state index in [-0.39, 0.29) is 0 Å². The van der Waals surface area contributed by atoms with E-state index in [1.807, 2.05) is 12.1 Å². The van der Waals surface area contributed by atoms with Crippen LogP contribution in [0.25, 0.3) is 0 Å². The van der Waals surface area contributed by atoms with E-state index in [0.29, 0.717) is 0 Å². The van der Waals surface area contributed by atoms with E-state index in [9.17, 15) is 5.26 Å². The molecule has 1 saturated heterocycles. The highest BCUT2D eigenvalue weighted by molar-refractivity contribution is 9.10. The Morgan fingerprint density at radius 1 is 1.37 bits per heavy atom. The summed E-state index contributed by atoms with van der Waals surface area (Å²) in [6.07, 6.45) is 2.41. The second kappa shape index (κ2) is 6.40. The van der Waals surface area contributed by atoms with Crippen LogP contribution in [0.1, 0.15) is 18.4 Å². The molecule has 0 radical (unpaired) electrons. The summed E-state index contributed by atoms with van der Waals surface area (Å²) in [7, 11) is 4.27. The van der Waals surface area contributed by atoms with Gasteiger partial charge in [-0.05, 0) is 60.9 Å². The number of hydrogen-bond acceptors (Lipinski definition) is 3.